The summed E-state index contributed by atoms with van der Waals surface area (Å²) in [5.74, 6) is -0.193. The molecule has 0 aliphatic rings. The lowest BCUT2D eigenvalue weighted by Crippen LogP contribution is -2.10. The average Bonchev–Trinajstić information content (AvgIpc) is 3.03. The Morgan fingerprint density at radius 1 is 1.55 bits per heavy atom. The summed E-state index contributed by atoms with van der Waals surface area (Å²) in [5, 5.41) is 6.32. The predicted molar refractivity (Wildman–Crippen MR) is 80.3 cm³/mol. The molecule has 0 amide bonds. The number of nitrogen functional groups attached to an aromatic ring is 1. The van der Waals surface area contributed by atoms with Crippen molar-refractivity contribution in [3.05, 3.63) is 39.3 Å². The average molecular weight is 290 g/mol. The molecule has 0 saturated heterocycles. The van der Waals surface area contributed by atoms with Gasteiger partial charge in [-0.1, -0.05) is 6.92 Å². The Morgan fingerprint density at radius 3 is 3.15 bits per heavy atom. The molecule has 0 fully saturated rings. The largest absolute Gasteiger partial charge is 0.417 e. The monoisotopic (exact) mass is 290 g/mol. The number of oxazole rings is 1. The van der Waals surface area contributed by atoms with Gasteiger partial charge in [-0.15, -0.1) is 11.3 Å². The second-order valence-electron chi connectivity index (χ2n) is 4.60. The molecule has 20 heavy (non-hydrogen) atoms. The van der Waals surface area contributed by atoms with Gasteiger partial charge in [-0.3, -0.25) is 4.98 Å². The van der Waals surface area contributed by atoms with Crippen LogP contribution in [0.25, 0.3) is 11.1 Å². The van der Waals surface area contributed by atoms with Crippen LogP contribution in [-0.2, 0) is 0 Å². The Balaban J connectivity index is 1.80. The summed E-state index contributed by atoms with van der Waals surface area (Å²) >= 11 is 1.63. The molecule has 4 N–H and O–H groups in total. The van der Waals surface area contributed by atoms with E-state index in [1.54, 1.807) is 29.7 Å². The highest BCUT2D eigenvalue weighted by Crippen LogP contribution is 2.26. The van der Waals surface area contributed by atoms with Gasteiger partial charge >= 0.3 is 5.76 Å². The van der Waals surface area contributed by atoms with E-state index in [2.05, 4.69) is 22.2 Å². The number of thiazole rings is 1. The summed E-state index contributed by atoms with van der Waals surface area (Å²) < 4.78 is 4.96. The van der Waals surface area contributed by atoms with Crippen molar-refractivity contribution in [1.82, 2.24) is 9.97 Å². The van der Waals surface area contributed by atoms with Gasteiger partial charge < -0.3 is 15.5 Å². The van der Waals surface area contributed by atoms with E-state index in [0.29, 0.717) is 23.3 Å². The maximum atomic E-state index is 11.1. The van der Waals surface area contributed by atoms with Crippen molar-refractivity contribution >= 4 is 33.8 Å². The number of nitrogens with one attached hydrogen (secondary N) is 2. The fraction of sp³-hybridized carbons (Fsp3) is 0.231. The summed E-state index contributed by atoms with van der Waals surface area (Å²) in [6, 6.07) is 3.42. The Hall–Kier alpha value is -2.28. The fourth-order valence-electron chi connectivity index (χ4n) is 1.99. The molecule has 0 radical (unpaired) electrons. The molecule has 0 spiro atoms. The summed E-state index contributed by atoms with van der Waals surface area (Å²) in [5.41, 5.74) is 8.37. The molecule has 104 valence electrons. The second-order valence-corrected chi connectivity index (χ2v) is 5.53. The van der Waals surface area contributed by atoms with Crippen LogP contribution in [0.2, 0.25) is 0 Å². The molecular weight excluding hydrogens is 276 g/mol. The van der Waals surface area contributed by atoms with Crippen LogP contribution in [0.4, 0.5) is 11.4 Å². The van der Waals surface area contributed by atoms with Gasteiger partial charge in [-0.05, 0) is 6.07 Å². The lowest BCUT2D eigenvalue weighted by molar-refractivity contribution is 0.555. The molecule has 0 bridgehead atoms. The number of aromatic nitrogens is 2. The third-order valence-corrected chi connectivity index (χ3v) is 4.07. The molecule has 0 aliphatic carbocycles. The Morgan fingerprint density at radius 2 is 2.40 bits per heavy atom. The van der Waals surface area contributed by atoms with Gasteiger partial charge in [0.05, 0.1) is 21.9 Å². The van der Waals surface area contributed by atoms with Crippen LogP contribution < -0.4 is 16.8 Å². The molecule has 2 heterocycles. The zero-order chi connectivity index (χ0) is 14.1. The van der Waals surface area contributed by atoms with Gasteiger partial charge in [0.2, 0.25) is 0 Å². The molecule has 1 aromatic carbocycles. The smallest absolute Gasteiger partial charge is 0.408 e. The molecular formula is C13H14N4O2S. The zero-order valence-corrected chi connectivity index (χ0v) is 11.7. The number of nitrogens with zero attached hydrogens (tertiary/aromatic N) is 1. The van der Waals surface area contributed by atoms with Crippen molar-refractivity contribution in [2.24, 2.45) is 0 Å². The molecule has 7 heteroatoms. The highest BCUT2D eigenvalue weighted by atomic mass is 32.1. The minimum atomic E-state index is -0.479. The fourth-order valence-corrected chi connectivity index (χ4v) is 2.69. The summed E-state index contributed by atoms with van der Waals surface area (Å²) in [6.07, 6.45) is 1.80. The van der Waals surface area contributed by atoms with Crippen molar-refractivity contribution in [2.75, 3.05) is 17.6 Å². The molecule has 3 rings (SSSR count). The first-order valence-electron chi connectivity index (χ1n) is 6.19. The molecule has 2 aromatic heterocycles. The second kappa shape index (κ2) is 5.01. The lowest BCUT2D eigenvalue weighted by atomic mass is 10.2. The lowest BCUT2D eigenvalue weighted by Gasteiger charge is -2.13. The first kappa shape index (κ1) is 12.7. The number of H-pyrrole nitrogens is 1. The Bertz CT molecular complexity index is 775. The van der Waals surface area contributed by atoms with Gasteiger partial charge in [0.1, 0.15) is 0 Å². The van der Waals surface area contributed by atoms with E-state index in [4.69, 9.17) is 10.2 Å². The maximum Gasteiger partial charge on any atom is 0.417 e. The topological polar surface area (TPSA) is 96.9 Å². The van der Waals surface area contributed by atoms with Crippen LogP contribution in [-0.4, -0.2) is 16.5 Å². The third kappa shape index (κ3) is 2.39. The van der Waals surface area contributed by atoms with Crippen molar-refractivity contribution in [2.45, 2.75) is 12.8 Å². The van der Waals surface area contributed by atoms with Gasteiger partial charge in [0, 0.05) is 30.1 Å². The first-order valence-corrected chi connectivity index (χ1v) is 7.07. The van der Waals surface area contributed by atoms with E-state index in [1.165, 1.54) is 0 Å². The number of hydrogen-bond donors (Lipinski definition) is 3. The van der Waals surface area contributed by atoms with Gasteiger partial charge in [0.15, 0.2) is 5.58 Å². The van der Waals surface area contributed by atoms with Crippen molar-refractivity contribution in [3.8, 4) is 0 Å². The minimum Gasteiger partial charge on any atom is -0.408 e. The van der Waals surface area contributed by atoms with Crippen molar-refractivity contribution in [3.63, 3.8) is 0 Å². The van der Waals surface area contributed by atoms with Gasteiger partial charge in [-0.2, -0.15) is 0 Å². The van der Waals surface area contributed by atoms with Crippen LogP contribution in [0.3, 0.4) is 0 Å². The quantitative estimate of drug-likeness (QED) is 0.641. The molecule has 6 nitrogen and oxygen atoms in total. The zero-order valence-electron chi connectivity index (χ0n) is 10.8. The van der Waals surface area contributed by atoms with E-state index in [9.17, 15) is 4.79 Å². The number of nitrogens with two attached hydrogens (primary N) is 1. The minimum absolute atomic E-state index is 0.286. The van der Waals surface area contributed by atoms with Gasteiger partial charge in [-0.25, -0.2) is 9.78 Å². The van der Waals surface area contributed by atoms with E-state index < -0.39 is 5.76 Å². The Labute approximate surface area is 118 Å². The number of fused-ring (bicyclic) bond motifs is 1. The van der Waals surface area contributed by atoms with E-state index in [-0.39, 0.29) is 5.92 Å². The van der Waals surface area contributed by atoms with Gasteiger partial charge in [0.25, 0.3) is 0 Å². The van der Waals surface area contributed by atoms with E-state index in [1.807, 2.05) is 5.38 Å². The third-order valence-electron chi connectivity index (χ3n) is 3.06. The first-order chi connectivity index (χ1) is 9.63. The molecule has 3 aromatic rings. The van der Waals surface area contributed by atoms with Crippen LogP contribution in [0, 0.1) is 0 Å². The SMILES string of the molecule is CC(CNc1cc2[nH]c(=O)oc2cc1N)c1nccs1. The molecule has 1 unspecified atom stereocenters. The number of rotatable bonds is 4. The number of benzene rings is 1. The standard InChI is InChI=1S/C13H14N4O2S/c1-7(12-15-2-3-20-12)6-16-9-5-10-11(4-8(9)14)19-13(18)17-10/h2-5,7,16H,6,14H2,1H3,(H,17,18). The van der Waals surface area contributed by atoms with Crippen molar-refractivity contribution < 1.29 is 4.42 Å². The van der Waals surface area contributed by atoms with Crippen molar-refractivity contribution in [1.29, 1.82) is 0 Å². The molecule has 1 atom stereocenters. The van der Waals surface area contributed by atoms with Crippen LogP contribution in [0.15, 0.2) is 32.9 Å². The number of anilines is 2. The van der Waals surface area contributed by atoms with Crippen LogP contribution >= 0.6 is 11.3 Å². The predicted octanol–water partition coefficient (Wildman–Crippen LogP) is 2.38. The summed E-state index contributed by atoms with van der Waals surface area (Å²) in [4.78, 5) is 18.0. The normalized spacial score (nSPS) is 12.7. The Kier molecular flexibility index (Phi) is 3.19. The van der Waals surface area contributed by atoms with Crippen LogP contribution in [0.5, 0.6) is 0 Å². The molecule has 0 saturated carbocycles. The molecule has 0 aliphatic heterocycles. The van der Waals surface area contributed by atoms with Crippen LogP contribution in [0.1, 0.15) is 17.8 Å². The van der Waals surface area contributed by atoms with E-state index in [0.717, 1.165) is 10.7 Å². The summed E-state index contributed by atoms with van der Waals surface area (Å²) in [6.45, 7) is 2.81. The number of aromatic amines is 1. The highest BCUT2D eigenvalue weighted by molar-refractivity contribution is 7.09. The highest BCUT2D eigenvalue weighted by Gasteiger charge is 2.10. The maximum absolute atomic E-state index is 11.1. The van der Waals surface area contributed by atoms with E-state index >= 15 is 0 Å². The summed E-state index contributed by atoms with van der Waals surface area (Å²) in [7, 11) is 0. The number of hydrogen-bond acceptors (Lipinski definition) is 6.